The van der Waals surface area contributed by atoms with Gasteiger partial charge in [0, 0.05) is 44.4 Å². The van der Waals surface area contributed by atoms with Crippen LogP contribution in [0.25, 0.3) is 33.3 Å². The molecule has 0 spiro atoms. The molecule has 4 aromatic rings. The fraction of sp³-hybridized carbons (Fsp3) is 0.318. The maximum atomic E-state index is 14.4. The van der Waals surface area contributed by atoms with Crippen LogP contribution in [0, 0.1) is 5.82 Å². The maximum absolute atomic E-state index is 14.4. The summed E-state index contributed by atoms with van der Waals surface area (Å²) in [5.41, 5.74) is 4.38. The Hall–Kier alpha value is -3.50. The van der Waals surface area contributed by atoms with Crippen molar-refractivity contribution in [2.75, 3.05) is 39.3 Å². The Bertz CT molecular complexity index is 1270. The number of amides is 1. The van der Waals surface area contributed by atoms with Crippen LogP contribution in [0.4, 0.5) is 10.2 Å². The van der Waals surface area contributed by atoms with Crippen molar-refractivity contribution in [3.63, 3.8) is 0 Å². The van der Waals surface area contributed by atoms with Gasteiger partial charge in [0.1, 0.15) is 23.6 Å². The smallest absolute Gasteiger partial charge is 0.246 e. The minimum atomic E-state index is -0.393. The molecular weight excluding hydrogens is 415 g/mol. The minimum absolute atomic E-state index is 0.0561. The highest BCUT2D eigenvalue weighted by Gasteiger charge is 2.16. The van der Waals surface area contributed by atoms with E-state index >= 15 is 0 Å². The van der Waals surface area contributed by atoms with Crippen LogP contribution in [0.3, 0.4) is 0 Å². The number of carbonyl (C=O) groups excluding carboxylic acids is 1. The number of carbonyl (C=O) groups is 1. The van der Waals surface area contributed by atoms with Gasteiger partial charge in [-0.3, -0.25) is 4.79 Å². The summed E-state index contributed by atoms with van der Waals surface area (Å²) < 4.78 is 26.4. The number of hydrogen-bond donors (Lipinski definition) is 3. The molecule has 0 unspecified atom stereocenters. The molecule has 0 atom stereocenters. The molecule has 0 bridgehead atoms. The number of aryl methyl sites for hydroxylation is 1. The fourth-order valence-corrected chi connectivity index (χ4v) is 3.56. The number of imidazole rings is 1. The number of hydrogen-bond acceptors (Lipinski definition) is 6. The van der Waals surface area contributed by atoms with Crippen molar-refractivity contribution in [3.8, 4) is 11.3 Å². The standard InChI is InChI=1S/C22H25FN6O3/c1-24-22-19-20(29(2)12-26-19)15-9-17(27-21(15)28-22)13-4-5-16(23)14(8-13)10-25-18(30)11-32-7-6-31-3/h4-5,8-9,12H,6-7,10-11H2,1-3H3,(H,25,30)(H2,24,27,28). The zero-order valence-corrected chi connectivity index (χ0v) is 18.2. The molecule has 0 fully saturated rings. The number of pyridine rings is 1. The number of ether oxygens (including phenoxy) is 2. The van der Waals surface area contributed by atoms with Crippen molar-refractivity contribution in [1.29, 1.82) is 0 Å². The van der Waals surface area contributed by atoms with E-state index in [-0.39, 0.29) is 19.1 Å². The van der Waals surface area contributed by atoms with Crippen LogP contribution < -0.4 is 10.6 Å². The van der Waals surface area contributed by atoms with Crippen molar-refractivity contribution >= 4 is 33.8 Å². The molecule has 0 aliphatic heterocycles. The van der Waals surface area contributed by atoms with Crippen molar-refractivity contribution in [1.82, 2.24) is 24.8 Å². The summed E-state index contributed by atoms with van der Waals surface area (Å²) >= 11 is 0. The number of rotatable bonds is 9. The molecule has 0 aliphatic carbocycles. The molecule has 0 saturated carbocycles. The topological polar surface area (TPSA) is 106 Å². The highest BCUT2D eigenvalue weighted by atomic mass is 19.1. The van der Waals surface area contributed by atoms with E-state index in [0.29, 0.717) is 30.2 Å². The summed E-state index contributed by atoms with van der Waals surface area (Å²) in [6, 6.07) is 6.78. The normalized spacial score (nSPS) is 11.4. The lowest BCUT2D eigenvalue weighted by atomic mass is 10.1. The second kappa shape index (κ2) is 9.33. The molecule has 4 rings (SSSR count). The van der Waals surface area contributed by atoms with E-state index in [2.05, 4.69) is 25.6 Å². The first-order valence-corrected chi connectivity index (χ1v) is 10.2. The molecule has 0 radical (unpaired) electrons. The lowest BCUT2D eigenvalue weighted by molar-refractivity contribution is -0.126. The zero-order chi connectivity index (χ0) is 22.7. The third kappa shape index (κ3) is 4.27. The van der Waals surface area contributed by atoms with Crippen LogP contribution in [-0.2, 0) is 27.9 Å². The first-order chi connectivity index (χ1) is 15.5. The average Bonchev–Trinajstić information content (AvgIpc) is 3.39. The fourth-order valence-electron chi connectivity index (χ4n) is 3.56. The number of benzene rings is 1. The van der Waals surface area contributed by atoms with Crippen LogP contribution in [0.1, 0.15) is 5.56 Å². The van der Waals surface area contributed by atoms with Gasteiger partial charge in [-0.1, -0.05) is 0 Å². The molecule has 1 aromatic carbocycles. The quantitative estimate of drug-likeness (QED) is 0.346. The van der Waals surface area contributed by atoms with E-state index in [4.69, 9.17) is 9.47 Å². The van der Waals surface area contributed by atoms with E-state index < -0.39 is 5.82 Å². The molecule has 3 aromatic heterocycles. The zero-order valence-electron chi connectivity index (χ0n) is 18.2. The lowest BCUT2D eigenvalue weighted by Gasteiger charge is -2.08. The van der Waals surface area contributed by atoms with Crippen LogP contribution >= 0.6 is 0 Å². The summed E-state index contributed by atoms with van der Waals surface area (Å²) in [6.07, 6.45) is 1.75. The predicted octanol–water partition coefficient (Wildman–Crippen LogP) is 2.58. The summed E-state index contributed by atoms with van der Waals surface area (Å²) in [5.74, 6) is -0.0364. The number of fused-ring (bicyclic) bond motifs is 3. The van der Waals surface area contributed by atoms with Gasteiger partial charge in [-0.25, -0.2) is 14.4 Å². The Balaban J connectivity index is 1.58. The van der Waals surface area contributed by atoms with E-state index in [1.165, 1.54) is 6.07 Å². The Morgan fingerprint density at radius 1 is 1.28 bits per heavy atom. The number of anilines is 1. The van der Waals surface area contributed by atoms with Crippen LogP contribution in [0.5, 0.6) is 0 Å². The largest absolute Gasteiger partial charge is 0.382 e. The van der Waals surface area contributed by atoms with E-state index in [0.717, 1.165) is 27.7 Å². The van der Waals surface area contributed by atoms with Gasteiger partial charge in [0.15, 0.2) is 5.82 Å². The third-order valence-corrected chi connectivity index (χ3v) is 5.17. The van der Waals surface area contributed by atoms with Gasteiger partial charge in [-0.2, -0.15) is 0 Å². The molecule has 3 heterocycles. The second-order valence-corrected chi connectivity index (χ2v) is 7.34. The van der Waals surface area contributed by atoms with Crippen LogP contribution in [-0.4, -0.2) is 59.4 Å². The van der Waals surface area contributed by atoms with Gasteiger partial charge in [0.2, 0.25) is 5.91 Å². The number of H-pyrrole nitrogens is 1. The molecule has 3 N–H and O–H groups in total. The first kappa shape index (κ1) is 21.7. The van der Waals surface area contributed by atoms with Gasteiger partial charge < -0.3 is 29.7 Å². The first-order valence-electron chi connectivity index (χ1n) is 10.2. The summed E-state index contributed by atoms with van der Waals surface area (Å²) in [5, 5.41) is 6.67. The van der Waals surface area contributed by atoms with Crippen molar-refractivity contribution in [2.24, 2.45) is 7.05 Å². The Morgan fingerprint density at radius 2 is 2.12 bits per heavy atom. The third-order valence-electron chi connectivity index (χ3n) is 5.17. The highest BCUT2D eigenvalue weighted by molar-refractivity contribution is 6.07. The van der Waals surface area contributed by atoms with Crippen LogP contribution in [0.2, 0.25) is 0 Å². The van der Waals surface area contributed by atoms with Crippen molar-refractivity contribution in [3.05, 3.63) is 42.0 Å². The maximum Gasteiger partial charge on any atom is 0.246 e. The minimum Gasteiger partial charge on any atom is -0.382 e. The monoisotopic (exact) mass is 440 g/mol. The summed E-state index contributed by atoms with van der Waals surface area (Å²) in [4.78, 5) is 24.3. The Labute approximate surface area is 183 Å². The summed E-state index contributed by atoms with van der Waals surface area (Å²) in [7, 11) is 5.29. The molecule has 32 heavy (non-hydrogen) atoms. The van der Waals surface area contributed by atoms with Crippen molar-refractivity contribution < 1.29 is 18.7 Å². The highest BCUT2D eigenvalue weighted by Crippen LogP contribution is 2.32. The van der Waals surface area contributed by atoms with Crippen molar-refractivity contribution in [2.45, 2.75) is 6.54 Å². The molecule has 9 nitrogen and oxygen atoms in total. The Morgan fingerprint density at radius 3 is 2.91 bits per heavy atom. The lowest BCUT2D eigenvalue weighted by Crippen LogP contribution is -2.28. The van der Waals surface area contributed by atoms with E-state index in [9.17, 15) is 9.18 Å². The van der Waals surface area contributed by atoms with Gasteiger partial charge in [0.25, 0.3) is 0 Å². The van der Waals surface area contributed by atoms with E-state index in [1.807, 2.05) is 17.7 Å². The predicted molar refractivity (Wildman–Crippen MR) is 120 cm³/mol. The number of halogens is 1. The number of methoxy groups -OCH3 is 1. The molecule has 1 amide bonds. The number of nitrogens with zero attached hydrogens (tertiary/aromatic N) is 3. The number of aromatic nitrogens is 4. The number of nitrogens with one attached hydrogen (secondary N) is 3. The molecule has 10 heteroatoms. The molecule has 0 saturated heterocycles. The Kier molecular flexibility index (Phi) is 6.33. The summed E-state index contributed by atoms with van der Waals surface area (Å²) in [6.45, 7) is 0.680. The molecule has 168 valence electrons. The van der Waals surface area contributed by atoms with Gasteiger partial charge in [-0.05, 0) is 29.8 Å². The van der Waals surface area contributed by atoms with Crippen LogP contribution in [0.15, 0.2) is 30.6 Å². The van der Waals surface area contributed by atoms with Gasteiger partial charge >= 0.3 is 0 Å². The van der Waals surface area contributed by atoms with Gasteiger partial charge in [0.05, 0.1) is 25.1 Å². The average molecular weight is 440 g/mol. The number of aromatic amines is 1. The molecule has 0 aliphatic rings. The van der Waals surface area contributed by atoms with Gasteiger partial charge in [-0.15, -0.1) is 0 Å². The second-order valence-electron chi connectivity index (χ2n) is 7.34. The molecular formula is C22H25FN6O3. The SMILES string of the molecule is CNc1nc2[nH]c(-c3ccc(F)c(CNC(=O)COCCOC)c3)cc2c2c1ncn2C. The van der Waals surface area contributed by atoms with E-state index in [1.54, 1.807) is 32.6 Å².